The summed E-state index contributed by atoms with van der Waals surface area (Å²) in [7, 11) is 3.75. The molecule has 1 unspecified atom stereocenters. The van der Waals surface area contributed by atoms with Crippen LogP contribution in [0.3, 0.4) is 0 Å². The normalized spacial score (nSPS) is 17.8. The first-order valence-corrected chi connectivity index (χ1v) is 8.23. The van der Waals surface area contributed by atoms with Crippen LogP contribution in [0, 0.1) is 6.92 Å². The Morgan fingerprint density at radius 1 is 1.42 bits per heavy atom. The molecule has 2 aromatic heterocycles. The van der Waals surface area contributed by atoms with Crippen molar-refractivity contribution < 1.29 is 9.32 Å². The molecule has 1 amide bonds. The molecule has 0 aliphatic carbocycles. The summed E-state index contributed by atoms with van der Waals surface area (Å²) in [6, 6.07) is 3.89. The average Bonchev–Trinajstić information content (AvgIpc) is 3.07. The van der Waals surface area contributed by atoms with Gasteiger partial charge in [0.25, 0.3) is 5.95 Å². The molecule has 0 bridgehead atoms. The lowest BCUT2D eigenvalue weighted by Crippen LogP contribution is -2.40. The quantitative estimate of drug-likeness (QED) is 0.851. The smallest absolute Gasteiger partial charge is 0.265 e. The maximum absolute atomic E-state index is 12.6. The number of carbonyl (C=O) groups is 1. The number of anilines is 1. The van der Waals surface area contributed by atoms with Gasteiger partial charge in [-0.15, -0.1) is 0 Å². The summed E-state index contributed by atoms with van der Waals surface area (Å²) >= 11 is 0. The van der Waals surface area contributed by atoms with E-state index in [0.29, 0.717) is 24.8 Å². The molecule has 1 saturated heterocycles. The summed E-state index contributed by atoms with van der Waals surface area (Å²) in [5, 5.41) is 3.96. The zero-order valence-electron chi connectivity index (χ0n) is 14.4. The second kappa shape index (κ2) is 6.98. The maximum Gasteiger partial charge on any atom is 0.265 e. The molecule has 0 saturated carbocycles. The van der Waals surface area contributed by atoms with Crippen LogP contribution in [0.2, 0.25) is 0 Å². The third kappa shape index (κ3) is 3.72. The zero-order chi connectivity index (χ0) is 17.1. The largest absolute Gasteiger partial charge is 0.344 e. The molecular weight excluding hydrogens is 306 g/mol. The van der Waals surface area contributed by atoms with Gasteiger partial charge in [-0.3, -0.25) is 9.78 Å². The van der Waals surface area contributed by atoms with E-state index in [4.69, 9.17) is 4.52 Å². The number of pyridine rings is 1. The molecule has 128 valence electrons. The summed E-state index contributed by atoms with van der Waals surface area (Å²) in [4.78, 5) is 24.9. The van der Waals surface area contributed by atoms with E-state index in [0.717, 1.165) is 30.6 Å². The number of nitrogens with zero attached hydrogens (tertiary/aromatic N) is 5. The van der Waals surface area contributed by atoms with Crippen LogP contribution >= 0.6 is 0 Å². The summed E-state index contributed by atoms with van der Waals surface area (Å²) in [6.45, 7) is 3.35. The van der Waals surface area contributed by atoms with Gasteiger partial charge in [0.1, 0.15) is 0 Å². The molecule has 3 rings (SSSR count). The Morgan fingerprint density at radius 3 is 2.92 bits per heavy atom. The van der Waals surface area contributed by atoms with Crippen molar-refractivity contribution in [1.29, 1.82) is 0 Å². The van der Waals surface area contributed by atoms with E-state index in [1.54, 1.807) is 6.20 Å². The minimum absolute atomic E-state index is 0.111. The Hall–Kier alpha value is -2.44. The van der Waals surface area contributed by atoms with Crippen molar-refractivity contribution in [3.63, 3.8) is 0 Å². The number of amides is 1. The fraction of sp³-hybridized carbons (Fsp3) is 0.529. The second-order valence-electron chi connectivity index (χ2n) is 6.49. The first-order chi connectivity index (χ1) is 11.5. The van der Waals surface area contributed by atoms with Gasteiger partial charge in [0.15, 0.2) is 0 Å². The fourth-order valence-corrected chi connectivity index (χ4v) is 2.87. The number of aromatic nitrogens is 3. The highest BCUT2D eigenvalue weighted by Crippen LogP contribution is 2.27. The van der Waals surface area contributed by atoms with Gasteiger partial charge in [-0.2, -0.15) is 4.98 Å². The van der Waals surface area contributed by atoms with Gasteiger partial charge in [0.05, 0.1) is 12.3 Å². The van der Waals surface area contributed by atoms with E-state index in [1.165, 1.54) is 0 Å². The van der Waals surface area contributed by atoms with Crippen molar-refractivity contribution in [2.24, 2.45) is 0 Å². The highest BCUT2D eigenvalue weighted by atomic mass is 16.5. The third-order valence-corrected chi connectivity index (χ3v) is 4.28. The van der Waals surface area contributed by atoms with E-state index in [9.17, 15) is 4.79 Å². The molecule has 0 aromatic carbocycles. The Morgan fingerprint density at radius 2 is 2.25 bits per heavy atom. The topological polar surface area (TPSA) is 75.4 Å². The van der Waals surface area contributed by atoms with Gasteiger partial charge < -0.3 is 14.3 Å². The van der Waals surface area contributed by atoms with Gasteiger partial charge in [0, 0.05) is 39.1 Å². The molecule has 1 atom stereocenters. The van der Waals surface area contributed by atoms with Crippen LogP contribution in [0.15, 0.2) is 22.9 Å². The molecule has 0 spiro atoms. The van der Waals surface area contributed by atoms with Gasteiger partial charge >= 0.3 is 0 Å². The average molecular weight is 329 g/mol. The molecule has 0 radical (unpaired) electrons. The first kappa shape index (κ1) is 16.4. The van der Waals surface area contributed by atoms with E-state index < -0.39 is 0 Å². The van der Waals surface area contributed by atoms with Crippen molar-refractivity contribution in [2.75, 3.05) is 32.1 Å². The van der Waals surface area contributed by atoms with Crippen molar-refractivity contribution >= 4 is 11.9 Å². The molecule has 1 aliphatic heterocycles. The van der Waals surface area contributed by atoms with Crippen LogP contribution in [-0.4, -0.2) is 53.1 Å². The first-order valence-electron chi connectivity index (χ1n) is 8.23. The molecule has 0 N–H and O–H groups in total. The van der Waals surface area contributed by atoms with Crippen LogP contribution in [0.1, 0.15) is 35.9 Å². The number of piperidine rings is 1. The second-order valence-corrected chi connectivity index (χ2v) is 6.49. The lowest BCUT2D eigenvalue weighted by atomic mass is 9.97. The number of rotatable bonds is 4. The van der Waals surface area contributed by atoms with Crippen LogP contribution in [-0.2, 0) is 11.2 Å². The minimum atomic E-state index is 0.111. The van der Waals surface area contributed by atoms with Crippen LogP contribution in [0.5, 0.6) is 0 Å². The van der Waals surface area contributed by atoms with E-state index in [-0.39, 0.29) is 11.8 Å². The Kier molecular flexibility index (Phi) is 4.78. The Balaban J connectivity index is 1.63. The van der Waals surface area contributed by atoms with Crippen molar-refractivity contribution in [1.82, 2.24) is 20.0 Å². The standard InChI is InChI=1S/C17H23N5O2/c1-12-6-7-13(10-18-12)9-15(23)22-8-4-5-14(11-22)16-19-17(20-24-16)21(2)3/h6-7,10,14H,4-5,8-9,11H2,1-3H3. The Bertz CT molecular complexity index is 695. The van der Waals surface area contributed by atoms with Crippen LogP contribution in [0.4, 0.5) is 5.95 Å². The van der Waals surface area contributed by atoms with Gasteiger partial charge in [-0.05, 0) is 36.6 Å². The van der Waals surface area contributed by atoms with Crippen LogP contribution in [0.25, 0.3) is 0 Å². The molecule has 1 fully saturated rings. The highest BCUT2D eigenvalue weighted by Gasteiger charge is 2.28. The monoisotopic (exact) mass is 329 g/mol. The number of likely N-dealkylation sites (tertiary alicyclic amines) is 1. The van der Waals surface area contributed by atoms with Crippen molar-refractivity contribution in [3.05, 3.63) is 35.5 Å². The summed E-state index contributed by atoms with van der Waals surface area (Å²) in [5.41, 5.74) is 1.90. The SMILES string of the molecule is Cc1ccc(CC(=O)N2CCCC(c3nc(N(C)C)no3)C2)cn1. The number of hydrogen-bond acceptors (Lipinski definition) is 6. The molecule has 24 heavy (non-hydrogen) atoms. The van der Waals surface area contributed by atoms with E-state index >= 15 is 0 Å². The summed E-state index contributed by atoms with van der Waals surface area (Å²) < 4.78 is 5.37. The fourth-order valence-electron chi connectivity index (χ4n) is 2.87. The lowest BCUT2D eigenvalue weighted by Gasteiger charge is -2.31. The molecule has 3 heterocycles. The number of aryl methyl sites for hydroxylation is 1. The molecule has 2 aromatic rings. The van der Waals surface area contributed by atoms with Crippen molar-refractivity contribution in [2.45, 2.75) is 32.1 Å². The van der Waals surface area contributed by atoms with E-state index in [2.05, 4.69) is 15.1 Å². The molecule has 7 heteroatoms. The molecule has 1 aliphatic rings. The molecular formula is C17H23N5O2. The predicted octanol–water partition coefficient (Wildman–Crippen LogP) is 1.79. The van der Waals surface area contributed by atoms with Crippen LogP contribution < -0.4 is 4.90 Å². The summed E-state index contributed by atoms with van der Waals surface area (Å²) in [5.74, 6) is 1.42. The number of carbonyl (C=O) groups excluding carboxylic acids is 1. The molecule has 7 nitrogen and oxygen atoms in total. The maximum atomic E-state index is 12.6. The minimum Gasteiger partial charge on any atom is -0.344 e. The van der Waals surface area contributed by atoms with E-state index in [1.807, 2.05) is 43.0 Å². The van der Waals surface area contributed by atoms with Gasteiger partial charge in [0.2, 0.25) is 11.8 Å². The number of hydrogen-bond donors (Lipinski definition) is 0. The van der Waals surface area contributed by atoms with Gasteiger partial charge in [-0.25, -0.2) is 0 Å². The van der Waals surface area contributed by atoms with Gasteiger partial charge in [-0.1, -0.05) is 6.07 Å². The predicted molar refractivity (Wildman–Crippen MR) is 89.9 cm³/mol. The zero-order valence-corrected chi connectivity index (χ0v) is 14.4. The van der Waals surface area contributed by atoms with Crippen molar-refractivity contribution in [3.8, 4) is 0 Å². The lowest BCUT2D eigenvalue weighted by molar-refractivity contribution is -0.131. The highest BCUT2D eigenvalue weighted by molar-refractivity contribution is 5.78. The third-order valence-electron chi connectivity index (χ3n) is 4.28. The Labute approximate surface area is 141 Å². The summed E-state index contributed by atoms with van der Waals surface area (Å²) in [6.07, 6.45) is 4.07.